The van der Waals surface area contributed by atoms with Crippen LogP contribution in [0.3, 0.4) is 0 Å². The fraction of sp³-hybridized carbons (Fsp3) is 0.333. The number of rotatable bonds is 2. The zero-order valence-electron chi connectivity index (χ0n) is 7.91. The lowest BCUT2D eigenvalue weighted by Crippen LogP contribution is -2.28. The molecule has 0 spiro atoms. The van der Waals surface area contributed by atoms with E-state index in [9.17, 15) is 13.2 Å². The summed E-state index contributed by atoms with van der Waals surface area (Å²) >= 11 is 1.47. The van der Waals surface area contributed by atoms with Gasteiger partial charge in [0.25, 0.3) is 0 Å². The van der Waals surface area contributed by atoms with E-state index in [0.717, 1.165) is 4.90 Å². The highest BCUT2D eigenvalue weighted by atomic mass is 35.5. The van der Waals surface area contributed by atoms with Gasteiger partial charge < -0.3 is 5.73 Å². The van der Waals surface area contributed by atoms with Crippen LogP contribution >= 0.6 is 24.2 Å². The molecular formula is C9H11ClF3NS. The second kappa shape index (κ2) is 5.63. The third kappa shape index (κ3) is 3.93. The summed E-state index contributed by atoms with van der Waals surface area (Å²) in [6.45, 7) is 0. The lowest BCUT2D eigenvalue weighted by Gasteiger charge is -2.15. The first kappa shape index (κ1) is 14.6. The van der Waals surface area contributed by atoms with Crippen LogP contribution in [0.1, 0.15) is 11.6 Å². The number of alkyl halides is 3. The van der Waals surface area contributed by atoms with Gasteiger partial charge >= 0.3 is 6.18 Å². The molecule has 0 amide bonds. The van der Waals surface area contributed by atoms with Crippen LogP contribution in [0.4, 0.5) is 13.2 Å². The zero-order valence-corrected chi connectivity index (χ0v) is 9.55. The van der Waals surface area contributed by atoms with Crippen molar-refractivity contribution in [1.29, 1.82) is 0 Å². The Labute approximate surface area is 96.6 Å². The van der Waals surface area contributed by atoms with Gasteiger partial charge in [-0.3, -0.25) is 0 Å². The minimum Gasteiger partial charge on any atom is -0.316 e. The van der Waals surface area contributed by atoms with Crippen molar-refractivity contribution in [3.05, 3.63) is 29.8 Å². The second-order valence-electron chi connectivity index (χ2n) is 2.79. The van der Waals surface area contributed by atoms with Crippen LogP contribution < -0.4 is 5.73 Å². The quantitative estimate of drug-likeness (QED) is 0.822. The average Bonchev–Trinajstić information content (AvgIpc) is 2.15. The van der Waals surface area contributed by atoms with E-state index in [0.29, 0.717) is 0 Å². The standard InChI is InChI=1S/C9H10F3NS.ClH/c1-14-7-4-2-6(3-5-7)8(13)9(10,11)12;/h2-5,8H,13H2,1H3;1H/t8-;/m1./s1. The van der Waals surface area contributed by atoms with Crippen LogP contribution in [0.5, 0.6) is 0 Å². The van der Waals surface area contributed by atoms with Gasteiger partial charge in [0, 0.05) is 4.90 Å². The average molecular weight is 258 g/mol. The first-order valence-electron chi connectivity index (χ1n) is 3.91. The highest BCUT2D eigenvalue weighted by Crippen LogP contribution is 2.31. The van der Waals surface area contributed by atoms with E-state index in [-0.39, 0.29) is 18.0 Å². The molecule has 0 aromatic heterocycles. The smallest absolute Gasteiger partial charge is 0.316 e. The minimum absolute atomic E-state index is 0. The molecule has 1 nitrogen and oxygen atoms in total. The van der Waals surface area contributed by atoms with E-state index in [1.54, 1.807) is 12.1 Å². The lowest BCUT2D eigenvalue weighted by molar-refractivity contribution is -0.149. The van der Waals surface area contributed by atoms with Gasteiger partial charge in [0.15, 0.2) is 0 Å². The van der Waals surface area contributed by atoms with Gasteiger partial charge in [-0.15, -0.1) is 24.2 Å². The highest BCUT2D eigenvalue weighted by Gasteiger charge is 2.37. The third-order valence-corrected chi connectivity index (χ3v) is 2.57. The number of hydrogen-bond acceptors (Lipinski definition) is 2. The number of hydrogen-bond donors (Lipinski definition) is 1. The molecule has 0 aliphatic heterocycles. The van der Waals surface area contributed by atoms with Gasteiger partial charge in [-0.05, 0) is 24.0 Å². The molecule has 1 aromatic carbocycles. The number of halogens is 4. The van der Waals surface area contributed by atoms with E-state index in [4.69, 9.17) is 5.73 Å². The Morgan fingerprint density at radius 1 is 1.20 bits per heavy atom. The molecule has 0 fully saturated rings. The number of nitrogens with two attached hydrogens (primary N) is 1. The number of benzene rings is 1. The lowest BCUT2D eigenvalue weighted by atomic mass is 10.1. The maximum atomic E-state index is 12.2. The van der Waals surface area contributed by atoms with Crippen LogP contribution in [0.2, 0.25) is 0 Å². The van der Waals surface area contributed by atoms with Gasteiger partial charge in [0.2, 0.25) is 0 Å². The molecule has 0 aliphatic carbocycles. The van der Waals surface area contributed by atoms with Crippen LogP contribution in [0.25, 0.3) is 0 Å². The summed E-state index contributed by atoms with van der Waals surface area (Å²) in [5, 5.41) is 0. The van der Waals surface area contributed by atoms with Gasteiger partial charge in [-0.2, -0.15) is 13.2 Å². The Kier molecular flexibility index (Phi) is 5.48. The molecule has 1 atom stereocenters. The fourth-order valence-corrected chi connectivity index (χ4v) is 1.41. The maximum Gasteiger partial charge on any atom is 0.407 e. The largest absolute Gasteiger partial charge is 0.407 e. The second-order valence-corrected chi connectivity index (χ2v) is 3.67. The summed E-state index contributed by atoms with van der Waals surface area (Å²) in [5.74, 6) is 0. The normalized spacial score (nSPS) is 13.1. The predicted octanol–water partition coefficient (Wildman–Crippen LogP) is 3.39. The predicted molar refractivity (Wildman–Crippen MR) is 58.5 cm³/mol. The Hall–Kier alpha value is -0.390. The van der Waals surface area contributed by atoms with Crippen molar-refractivity contribution in [2.45, 2.75) is 17.1 Å². The molecule has 86 valence electrons. The van der Waals surface area contributed by atoms with Crippen molar-refractivity contribution in [3.8, 4) is 0 Å². The molecule has 0 radical (unpaired) electrons. The monoisotopic (exact) mass is 257 g/mol. The highest BCUT2D eigenvalue weighted by molar-refractivity contribution is 7.98. The Balaban J connectivity index is 0.00000196. The number of thioether (sulfide) groups is 1. The van der Waals surface area contributed by atoms with E-state index in [2.05, 4.69) is 0 Å². The molecule has 6 heteroatoms. The third-order valence-electron chi connectivity index (χ3n) is 1.83. The van der Waals surface area contributed by atoms with Crippen LogP contribution in [-0.2, 0) is 0 Å². The summed E-state index contributed by atoms with van der Waals surface area (Å²) in [5.41, 5.74) is 5.12. The molecule has 0 saturated heterocycles. The van der Waals surface area contributed by atoms with Crippen LogP contribution in [-0.4, -0.2) is 12.4 Å². The Morgan fingerprint density at radius 2 is 1.67 bits per heavy atom. The summed E-state index contributed by atoms with van der Waals surface area (Å²) in [4.78, 5) is 0.920. The van der Waals surface area contributed by atoms with Crippen molar-refractivity contribution >= 4 is 24.2 Å². The molecule has 2 N–H and O–H groups in total. The zero-order chi connectivity index (χ0) is 10.8. The molecule has 0 bridgehead atoms. The summed E-state index contributed by atoms with van der Waals surface area (Å²) in [7, 11) is 0. The SMILES string of the molecule is CSc1ccc([C@@H](N)C(F)(F)F)cc1.Cl. The molecular weight excluding hydrogens is 247 g/mol. The van der Waals surface area contributed by atoms with Crippen molar-refractivity contribution in [2.75, 3.05) is 6.26 Å². The summed E-state index contributed by atoms with van der Waals surface area (Å²) in [6.07, 6.45) is -2.51. The van der Waals surface area contributed by atoms with Crippen LogP contribution in [0.15, 0.2) is 29.2 Å². The van der Waals surface area contributed by atoms with Gasteiger partial charge in [0.05, 0.1) is 0 Å². The van der Waals surface area contributed by atoms with Crippen molar-refractivity contribution in [1.82, 2.24) is 0 Å². The molecule has 1 aromatic rings. The molecule has 0 saturated carbocycles. The molecule has 0 unspecified atom stereocenters. The first-order valence-corrected chi connectivity index (χ1v) is 5.14. The van der Waals surface area contributed by atoms with E-state index in [1.807, 2.05) is 6.26 Å². The van der Waals surface area contributed by atoms with Crippen molar-refractivity contribution in [3.63, 3.8) is 0 Å². The Bertz CT molecular complexity index is 299. The molecule has 0 heterocycles. The van der Waals surface area contributed by atoms with Crippen molar-refractivity contribution in [2.24, 2.45) is 5.73 Å². The van der Waals surface area contributed by atoms with Crippen LogP contribution in [0, 0.1) is 0 Å². The van der Waals surface area contributed by atoms with Crippen molar-refractivity contribution < 1.29 is 13.2 Å². The van der Waals surface area contributed by atoms with Gasteiger partial charge in [-0.25, -0.2) is 0 Å². The fourth-order valence-electron chi connectivity index (χ4n) is 1.00. The summed E-state index contributed by atoms with van der Waals surface area (Å²) < 4.78 is 36.6. The van der Waals surface area contributed by atoms with E-state index in [1.165, 1.54) is 23.9 Å². The maximum absolute atomic E-state index is 12.2. The summed E-state index contributed by atoms with van der Waals surface area (Å²) in [6, 6.07) is 4.18. The Morgan fingerprint density at radius 3 is 2.00 bits per heavy atom. The van der Waals surface area contributed by atoms with E-state index >= 15 is 0 Å². The van der Waals surface area contributed by atoms with Gasteiger partial charge in [-0.1, -0.05) is 12.1 Å². The molecule has 0 aliphatic rings. The first-order chi connectivity index (χ1) is 6.45. The van der Waals surface area contributed by atoms with E-state index < -0.39 is 12.2 Å². The topological polar surface area (TPSA) is 26.0 Å². The molecule has 1 rings (SSSR count). The van der Waals surface area contributed by atoms with Gasteiger partial charge in [0.1, 0.15) is 6.04 Å². The molecule has 15 heavy (non-hydrogen) atoms. The minimum atomic E-state index is -4.37.